The third-order valence-electron chi connectivity index (χ3n) is 2.97. The van der Waals surface area contributed by atoms with Gasteiger partial charge >= 0.3 is 0 Å². The lowest BCUT2D eigenvalue weighted by Gasteiger charge is -2.05. The monoisotopic (exact) mass is 263 g/mol. The second kappa shape index (κ2) is 5.55. The fourth-order valence-corrected chi connectivity index (χ4v) is 2.15. The van der Waals surface area contributed by atoms with E-state index >= 15 is 0 Å². The van der Waals surface area contributed by atoms with Crippen LogP contribution >= 0.6 is 11.6 Å². The van der Waals surface area contributed by atoms with Crippen LogP contribution in [0.4, 0.5) is 0 Å². The summed E-state index contributed by atoms with van der Waals surface area (Å²) in [6.45, 7) is 8.00. The van der Waals surface area contributed by atoms with Crippen LogP contribution < -0.4 is 5.32 Å². The average molecular weight is 264 g/mol. The number of benzene rings is 1. The van der Waals surface area contributed by atoms with Gasteiger partial charge in [0.05, 0.1) is 11.4 Å². The molecule has 0 amide bonds. The Balaban J connectivity index is 2.33. The molecule has 1 heterocycles. The quantitative estimate of drug-likeness (QED) is 0.918. The van der Waals surface area contributed by atoms with Gasteiger partial charge in [-0.1, -0.05) is 18.5 Å². The minimum absolute atomic E-state index is 0.757. The van der Waals surface area contributed by atoms with Crippen molar-refractivity contribution < 1.29 is 0 Å². The zero-order valence-electron chi connectivity index (χ0n) is 11.0. The molecule has 0 fully saturated rings. The molecule has 1 aromatic carbocycles. The Morgan fingerprint density at radius 1 is 1.33 bits per heavy atom. The summed E-state index contributed by atoms with van der Waals surface area (Å²) in [6, 6.07) is 5.85. The van der Waals surface area contributed by atoms with Gasteiger partial charge in [0.2, 0.25) is 0 Å². The number of nitrogens with one attached hydrogen (secondary N) is 1. The number of nitrogens with zero attached hydrogens (tertiary/aromatic N) is 2. The Hall–Kier alpha value is -1.32. The second-order valence-electron chi connectivity index (χ2n) is 4.40. The Kier molecular flexibility index (Phi) is 4.04. The van der Waals surface area contributed by atoms with Crippen LogP contribution in [-0.4, -0.2) is 16.3 Å². The lowest BCUT2D eigenvalue weighted by Crippen LogP contribution is -2.11. The maximum absolute atomic E-state index is 5.97. The van der Waals surface area contributed by atoms with Gasteiger partial charge in [0.15, 0.2) is 0 Å². The molecule has 3 nitrogen and oxygen atoms in total. The smallest absolute Gasteiger partial charge is 0.0675 e. The van der Waals surface area contributed by atoms with E-state index in [-0.39, 0.29) is 0 Å². The van der Waals surface area contributed by atoms with Crippen molar-refractivity contribution in [2.24, 2.45) is 0 Å². The van der Waals surface area contributed by atoms with Gasteiger partial charge in [-0.2, -0.15) is 5.10 Å². The molecule has 0 saturated heterocycles. The number of hydrogen-bond donors (Lipinski definition) is 1. The van der Waals surface area contributed by atoms with E-state index in [2.05, 4.69) is 23.5 Å². The zero-order valence-corrected chi connectivity index (χ0v) is 11.8. The van der Waals surface area contributed by atoms with E-state index in [9.17, 15) is 0 Å². The van der Waals surface area contributed by atoms with E-state index in [0.717, 1.165) is 35.1 Å². The van der Waals surface area contributed by atoms with Crippen LogP contribution in [-0.2, 0) is 6.54 Å². The third-order valence-corrected chi connectivity index (χ3v) is 3.21. The van der Waals surface area contributed by atoms with E-state index in [4.69, 9.17) is 11.6 Å². The fraction of sp³-hybridized carbons (Fsp3) is 0.357. The standard InChI is InChI=1S/C14H18ClN3/c1-4-16-8-12-9-18(17-11(12)3)14-6-5-13(15)7-10(14)2/h5-7,9,16H,4,8H2,1-3H3. The molecule has 0 unspecified atom stereocenters. The topological polar surface area (TPSA) is 29.9 Å². The molecule has 2 aromatic rings. The lowest BCUT2D eigenvalue weighted by molar-refractivity contribution is 0.723. The molecule has 0 radical (unpaired) electrons. The maximum Gasteiger partial charge on any atom is 0.0675 e. The summed E-state index contributed by atoms with van der Waals surface area (Å²) in [5.74, 6) is 0. The highest BCUT2D eigenvalue weighted by molar-refractivity contribution is 6.30. The molecule has 4 heteroatoms. The summed E-state index contributed by atoms with van der Waals surface area (Å²) in [5.41, 5.74) is 4.49. The minimum atomic E-state index is 0.757. The van der Waals surface area contributed by atoms with Crippen LogP contribution in [0.2, 0.25) is 5.02 Å². The summed E-state index contributed by atoms with van der Waals surface area (Å²) < 4.78 is 1.92. The van der Waals surface area contributed by atoms with Gasteiger partial charge < -0.3 is 5.32 Å². The van der Waals surface area contributed by atoms with Crippen molar-refractivity contribution in [1.82, 2.24) is 15.1 Å². The molecule has 0 saturated carbocycles. The van der Waals surface area contributed by atoms with Crippen molar-refractivity contribution in [2.75, 3.05) is 6.54 Å². The van der Waals surface area contributed by atoms with Crippen LogP contribution in [0.3, 0.4) is 0 Å². The largest absolute Gasteiger partial charge is 0.313 e. The first kappa shape index (κ1) is 13.1. The van der Waals surface area contributed by atoms with E-state index < -0.39 is 0 Å². The second-order valence-corrected chi connectivity index (χ2v) is 4.83. The van der Waals surface area contributed by atoms with Crippen molar-refractivity contribution in [1.29, 1.82) is 0 Å². The molecule has 0 spiro atoms. The van der Waals surface area contributed by atoms with Crippen molar-refractivity contribution in [3.05, 3.63) is 46.2 Å². The van der Waals surface area contributed by atoms with Gasteiger partial charge in [-0.15, -0.1) is 0 Å². The summed E-state index contributed by atoms with van der Waals surface area (Å²) in [4.78, 5) is 0. The summed E-state index contributed by atoms with van der Waals surface area (Å²) in [6.07, 6.45) is 2.08. The molecular formula is C14H18ClN3. The normalized spacial score (nSPS) is 10.9. The van der Waals surface area contributed by atoms with Crippen LogP contribution in [0.1, 0.15) is 23.7 Å². The molecule has 0 aliphatic rings. The predicted octanol–water partition coefficient (Wildman–Crippen LogP) is 3.25. The van der Waals surface area contributed by atoms with Crippen LogP contribution in [0.25, 0.3) is 5.69 Å². The van der Waals surface area contributed by atoms with Crippen LogP contribution in [0.5, 0.6) is 0 Å². The molecule has 96 valence electrons. The molecule has 18 heavy (non-hydrogen) atoms. The number of aryl methyl sites for hydroxylation is 2. The molecule has 1 aromatic heterocycles. The number of aromatic nitrogens is 2. The average Bonchev–Trinajstić information content (AvgIpc) is 2.68. The van der Waals surface area contributed by atoms with Gasteiger partial charge in [-0.3, -0.25) is 0 Å². The highest BCUT2D eigenvalue weighted by atomic mass is 35.5. The Bertz CT molecular complexity index is 546. The number of rotatable bonds is 4. The van der Waals surface area contributed by atoms with E-state index in [0.29, 0.717) is 0 Å². The summed E-state index contributed by atoms with van der Waals surface area (Å²) in [7, 11) is 0. The fourth-order valence-electron chi connectivity index (χ4n) is 1.93. The zero-order chi connectivity index (χ0) is 13.1. The number of halogens is 1. The molecule has 0 bridgehead atoms. The van der Waals surface area contributed by atoms with E-state index in [1.807, 2.05) is 36.7 Å². The molecule has 0 aliphatic heterocycles. The van der Waals surface area contributed by atoms with Crippen molar-refractivity contribution in [2.45, 2.75) is 27.3 Å². The van der Waals surface area contributed by atoms with Gasteiger partial charge in [0.1, 0.15) is 0 Å². The van der Waals surface area contributed by atoms with Crippen molar-refractivity contribution >= 4 is 11.6 Å². The summed E-state index contributed by atoms with van der Waals surface area (Å²) in [5, 5.41) is 8.63. The molecule has 2 rings (SSSR count). The van der Waals surface area contributed by atoms with Crippen molar-refractivity contribution in [3.63, 3.8) is 0 Å². The molecule has 1 N–H and O–H groups in total. The predicted molar refractivity (Wildman–Crippen MR) is 75.4 cm³/mol. The Morgan fingerprint density at radius 3 is 2.78 bits per heavy atom. The third kappa shape index (κ3) is 2.74. The molecule has 0 aliphatic carbocycles. The lowest BCUT2D eigenvalue weighted by atomic mass is 10.2. The van der Waals surface area contributed by atoms with Crippen molar-refractivity contribution in [3.8, 4) is 5.69 Å². The molecular weight excluding hydrogens is 246 g/mol. The van der Waals surface area contributed by atoms with Gasteiger partial charge in [-0.05, 0) is 44.2 Å². The minimum Gasteiger partial charge on any atom is -0.313 e. The number of hydrogen-bond acceptors (Lipinski definition) is 2. The van der Waals surface area contributed by atoms with E-state index in [1.54, 1.807) is 0 Å². The van der Waals surface area contributed by atoms with E-state index in [1.165, 1.54) is 5.56 Å². The highest BCUT2D eigenvalue weighted by Gasteiger charge is 2.07. The first-order valence-corrected chi connectivity index (χ1v) is 6.52. The maximum atomic E-state index is 5.97. The van der Waals surface area contributed by atoms with Gasteiger partial charge in [0.25, 0.3) is 0 Å². The SMILES string of the molecule is CCNCc1cn(-c2ccc(Cl)cc2C)nc1C. The Labute approximate surface area is 113 Å². The van der Waals surface area contributed by atoms with Gasteiger partial charge in [-0.25, -0.2) is 4.68 Å². The Morgan fingerprint density at radius 2 is 2.11 bits per heavy atom. The highest BCUT2D eigenvalue weighted by Crippen LogP contribution is 2.19. The van der Waals surface area contributed by atoms with Crippen LogP contribution in [0.15, 0.2) is 24.4 Å². The van der Waals surface area contributed by atoms with Crippen LogP contribution in [0, 0.1) is 13.8 Å². The first-order valence-electron chi connectivity index (χ1n) is 6.14. The van der Waals surface area contributed by atoms with Gasteiger partial charge in [0, 0.05) is 23.3 Å². The summed E-state index contributed by atoms with van der Waals surface area (Å²) >= 11 is 5.97. The first-order chi connectivity index (χ1) is 8.61. The molecule has 0 atom stereocenters.